The number of nitrogen functional groups attached to an aromatic ring is 1. The van der Waals surface area contributed by atoms with Crippen molar-refractivity contribution < 1.29 is 13.2 Å². The van der Waals surface area contributed by atoms with E-state index in [-0.39, 0.29) is 22.8 Å². The Morgan fingerprint density at radius 2 is 1.78 bits per heavy atom. The van der Waals surface area contributed by atoms with Crippen molar-refractivity contribution in [1.82, 2.24) is 9.97 Å². The van der Waals surface area contributed by atoms with Crippen molar-refractivity contribution in [2.45, 2.75) is 0 Å². The molecule has 1 aromatic carbocycles. The van der Waals surface area contributed by atoms with Crippen LogP contribution in [-0.4, -0.2) is 9.97 Å². The van der Waals surface area contributed by atoms with Crippen molar-refractivity contribution >= 4 is 5.82 Å². The fourth-order valence-electron chi connectivity index (χ4n) is 1.30. The molecule has 0 aliphatic rings. The molecule has 0 unspecified atom stereocenters. The highest BCUT2D eigenvalue weighted by molar-refractivity contribution is 5.59. The van der Waals surface area contributed by atoms with Gasteiger partial charge in [0.05, 0.1) is 6.20 Å². The van der Waals surface area contributed by atoms with E-state index in [0.29, 0.717) is 0 Å². The van der Waals surface area contributed by atoms with E-state index >= 15 is 0 Å². The summed E-state index contributed by atoms with van der Waals surface area (Å²) in [6.07, 6.45) is 1.12. The molecular formula is C11H5F3N4. The van der Waals surface area contributed by atoms with E-state index in [4.69, 9.17) is 11.0 Å². The lowest BCUT2D eigenvalue weighted by atomic mass is 10.2. The molecule has 0 bridgehead atoms. The maximum atomic E-state index is 13.0. The van der Waals surface area contributed by atoms with Gasteiger partial charge in [-0.2, -0.15) is 5.26 Å². The van der Waals surface area contributed by atoms with E-state index in [1.807, 2.05) is 0 Å². The monoisotopic (exact) mass is 250 g/mol. The first-order valence-electron chi connectivity index (χ1n) is 4.70. The van der Waals surface area contributed by atoms with E-state index in [1.54, 1.807) is 6.07 Å². The molecule has 18 heavy (non-hydrogen) atoms. The van der Waals surface area contributed by atoms with Crippen molar-refractivity contribution in [3.63, 3.8) is 0 Å². The molecule has 0 spiro atoms. The summed E-state index contributed by atoms with van der Waals surface area (Å²) in [6.45, 7) is 0. The molecule has 1 heterocycles. The molecule has 0 saturated carbocycles. The zero-order valence-electron chi connectivity index (χ0n) is 8.78. The lowest BCUT2D eigenvalue weighted by Gasteiger charge is -2.03. The Bertz CT molecular complexity index is 641. The van der Waals surface area contributed by atoms with Gasteiger partial charge in [-0.25, -0.2) is 23.1 Å². The fraction of sp³-hybridized carbons (Fsp3) is 0. The fourth-order valence-corrected chi connectivity index (χ4v) is 1.30. The molecule has 0 saturated heterocycles. The molecule has 7 heteroatoms. The second kappa shape index (κ2) is 4.33. The second-order valence-corrected chi connectivity index (χ2v) is 3.36. The smallest absolute Gasteiger partial charge is 0.194 e. The Hall–Kier alpha value is -2.62. The third kappa shape index (κ3) is 1.96. The summed E-state index contributed by atoms with van der Waals surface area (Å²) in [7, 11) is 0. The summed E-state index contributed by atoms with van der Waals surface area (Å²) in [5, 5.41) is 8.62. The number of aromatic nitrogens is 2. The molecule has 2 N–H and O–H groups in total. The minimum absolute atomic E-state index is 0.0433. The van der Waals surface area contributed by atoms with Crippen molar-refractivity contribution in [1.29, 1.82) is 5.26 Å². The lowest BCUT2D eigenvalue weighted by Crippen LogP contribution is -2.00. The van der Waals surface area contributed by atoms with Crippen molar-refractivity contribution in [2.75, 3.05) is 5.73 Å². The summed E-state index contributed by atoms with van der Waals surface area (Å²) in [6, 6.07) is 3.25. The number of hydrogen-bond acceptors (Lipinski definition) is 4. The van der Waals surface area contributed by atoms with Crippen molar-refractivity contribution in [2.24, 2.45) is 0 Å². The Kier molecular flexibility index (Phi) is 2.85. The van der Waals surface area contributed by atoms with Crippen LogP contribution in [0.25, 0.3) is 11.4 Å². The van der Waals surface area contributed by atoms with E-state index < -0.39 is 17.5 Å². The molecule has 0 radical (unpaired) electrons. The van der Waals surface area contributed by atoms with E-state index in [9.17, 15) is 13.2 Å². The molecule has 0 fully saturated rings. The van der Waals surface area contributed by atoms with Crippen molar-refractivity contribution in [3.05, 3.63) is 41.3 Å². The van der Waals surface area contributed by atoms with Crippen LogP contribution >= 0.6 is 0 Å². The second-order valence-electron chi connectivity index (χ2n) is 3.36. The van der Waals surface area contributed by atoms with Gasteiger partial charge in [-0.1, -0.05) is 0 Å². The maximum Gasteiger partial charge on any atom is 0.194 e. The van der Waals surface area contributed by atoms with Gasteiger partial charge in [-0.3, -0.25) is 0 Å². The SMILES string of the molecule is N#Cc1cnc(-c2cc(F)c(F)c(F)c2)nc1N. The first-order chi connectivity index (χ1) is 8.52. The maximum absolute atomic E-state index is 13.0. The predicted octanol–water partition coefficient (Wildman–Crippen LogP) is 2.01. The highest BCUT2D eigenvalue weighted by Crippen LogP contribution is 2.22. The van der Waals surface area contributed by atoms with Crippen LogP contribution in [0.4, 0.5) is 19.0 Å². The first-order valence-corrected chi connectivity index (χ1v) is 4.70. The molecule has 4 nitrogen and oxygen atoms in total. The summed E-state index contributed by atoms with van der Waals surface area (Å²) < 4.78 is 38.8. The number of hydrogen-bond donors (Lipinski definition) is 1. The van der Waals surface area contributed by atoms with Crippen molar-refractivity contribution in [3.8, 4) is 17.5 Å². The Morgan fingerprint density at radius 1 is 1.17 bits per heavy atom. The molecule has 2 rings (SSSR count). The number of nitrogens with zero attached hydrogens (tertiary/aromatic N) is 3. The van der Waals surface area contributed by atoms with E-state index in [2.05, 4.69) is 9.97 Å². The van der Waals surface area contributed by atoms with Gasteiger partial charge in [0.15, 0.2) is 23.3 Å². The lowest BCUT2D eigenvalue weighted by molar-refractivity contribution is 0.447. The summed E-state index contributed by atoms with van der Waals surface area (Å²) in [5.74, 6) is -4.48. The number of rotatable bonds is 1. The summed E-state index contributed by atoms with van der Waals surface area (Å²) in [5.41, 5.74) is 5.42. The minimum atomic E-state index is -1.57. The number of benzene rings is 1. The average Bonchev–Trinajstić information content (AvgIpc) is 2.35. The third-order valence-corrected chi connectivity index (χ3v) is 2.18. The number of nitriles is 1. The predicted molar refractivity (Wildman–Crippen MR) is 56.5 cm³/mol. The van der Waals surface area contributed by atoms with Crippen LogP contribution in [0.1, 0.15) is 5.56 Å². The third-order valence-electron chi connectivity index (χ3n) is 2.18. The van der Waals surface area contributed by atoms with Gasteiger partial charge in [0.25, 0.3) is 0 Å². The summed E-state index contributed by atoms with van der Waals surface area (Å²) in [4.78, 5) is 7.44. The molecule has 0 aliphatic carbocycles. The standard InChI is InChI=1S/C11H5F3N4/c12-7-1-5(2-8(13)9(7)14)11-17-4-6(3-15)10(16)18-11/h1-2,4H,(H2,16,17,18). The van der Waals surface area contributed by atoms with Gasteiger partial charge in [-0.05, 0) is 12.1 Å². The number of anilines is 1. The van der Waals surface area contributed by atoms with Crippen LogP contribution in [0, 0.1) is 28.8 Å². The number of halogens is 3. The Labute approximate surface area is 99.5 Å². The summed E-state index contributed by atoms with van der Waals surface area (Å²) >= 11 is 0. The minimum Gasteiger partial charge on any atom is -0.382 e. The molecular weight excluding hydrogens is 245 g/mol. The Morgan fingerprint density at radius 3 is 2.28 bits per heavy atom. The largest absolute Gasteiger partial charge is 0.382 e. The normalized spacial score (nSPS) is 10.1. The van der Waals surface area contributed by atoms with Crippen LogP contribution in [0.15, 0.2) is 18.3 Å². The van der Waals surface area contributed by atoms with Gasteiger partial charge in [0.1, 0.15) is 17.5 Å². The van der Waals surface area contributed by atoms with Gasteiger partial charge in [-0.15, -0.1) is 0 Å². The highest BCUT2D eigenvalue weighted by Gasteiger charge is 2.14. The van der Waals surface area contributed by atoms with Gasteiger partial charge < -0.3 is 5.73 Å². The van der Waals surface area contributed by atoms with Gasteiger partial charge in [0, 0.05) is 5.56 Å². The van der Waals surface area contributed by atoms with Crippen LogP contribution in [0.2, 0.25) is 0 Å². The zero-order valence-corrected chi connectivity index (χ0v) is 8.78. The molecule has 0 aliphatic heterocycles. The quantitative estimate of drug-likeness (QED) is 0.785. The molecule has 2 aromatic rings. The van der Waals surface area contributed by atoms with Gasteiger partial charge in [0.2, 0.25) is 0 Å². The van der Waals surface area contributed by atoms with Crippen LogP contribution < -0.4 is 5.73 Å². The first kappa shape index (κ1) is 11.9. The van der Waals surface area contributed by atoms with Crippen LogP contribution in [0.3, 0.4) is 0 Å². The zero-order chi connectivity index (χ0) is 13.3. The van der Waals surface area contributed by atoms with E-state index in [1.165, 1.54) is 0 Å². The van der Waals surface area contributed by atoms with Crippen LogP contribution in [0.5, 0.6) is 0 Å². The molecule has 0 atom stereocenters. The topological polar surface area (TPSA) is 75.6 Å². The average molecular weight is 250 g/mol. The molecule has 1 aromatic heterocycles. The Balaban J connectivity index is 2.56. The number of nitrogens with two attached hydrogens (primary N) is 1. The molecule has 0 amide bonds. The van der Waals surface area contributed by atoms with E-state index in [0.717, 1.165) is 18.3 Å². The van der Waals surface area contributed by atoms with Crippen LogP contribution in [-0.2, 0) is 0 Å². The van der Waals surface area contributed by atoms with Gasteiger partial charge >= 0.3 is 0 Å². The highest BCUT2D eigenvalue weighted by atomic mass is 19.2. The molecule has 90 valence electrons.